The Labute approximate surface area is 120 Å². The van der Waals surface area contributed by atoms with Gasteiger partial charge < -0.3 is 15.3 Å². The first-order chi connectivity index (χ1) is 9.26. The van der Waals surface area contributed by atoms with Gasteiger partial charge in [0, 0.05) is 32.3 Å². The van der Waals surface area contributed by atoms with Crippen LogP contribution < -0.4 is 10.2 Å². The maximum atomic E-state index is 9.01. The zero-order chi connectivity index (χ0) is 13.7. The van der Waals surface area contributed by atoms with Gasteiger partial charge in [0.25, 0.3) is 0 Å². The lowest BCUT2D eigenvalue weighted by molar-refractivity contribution is 0.289. The molecule has 0 spiro atoms. The van der Waals surface area contributed by atoms with Crippen LogP contribution in [0.1, 0.15) is 31.7 Å². The lowest BCUT2D eigenvalue weighted by atomic mass is 10.1. The van der Waals surface area contributed by atoms with Gasteiger partial charge in [-0.05, 0) is 37.8 Å². The minimum atomic E-state index is 0.219. The number of rotatable bonds is 8. The summed E-state index contributed by atoms with van der Waals surface area (Å²) in [6.07, 6.45) is 3.35. The van der Waals surface area contributed by atoms with Gasteiger partial charge in [0.15, 0.2) is 0 Å². The molecule has 1 aliphatic rings. The first-order valence-electron chi connectivity index (χ1n) is 7.12. The smallest absolute Gasteiger partial charge is 0.0642 e. The van der Waals surface area contributed by atoms with Gasteiger partial charge >= 0.3 is 0 Å². The number of para-hydroxylation sites is 1. The number of nitrogens with zero attached hydrogens (tertiary/aromatic N) is 1. The van der Waals surface area contributed by atoms with E-state index in [1.54, 1.807) is 0 Å². The Bertz CT molecular complexity index is 407. The van der Waals surface area contributed by atoms with Gasteiger partial charge in [0.05, 0.1) is 10.7 Å². The van der Waals surface area contributed by atoms with Crippen LogP contribution in [0.25, 0.3) is 0 Å². The normalized spacial score (nSPS) is 14.7. The Morgan fingerprint density at radius 3 is 2.84 bits per heavy atom. The molecule has 1 aromatic carbocycles. The van der Waals surface area contributed by atoms with Gasteiger partial charge in [-0.15, -0.1) is 0 Å². The molecular weight excluding hydrogens is 260 g/mol. The van der Waals surface area contributed by atoms with Gasteiger partial charge in [0.2, 0.25) is 0 Å². The quantitative estimate of drug-likeness (QED) is 0.770. The highest BCUT2D eigenvalue weighted by molar-refractivity contribution is 6.33. The summed E-state index contributed by atoms with van der Waals surface area (Å²) in [5, 5.41) is 13.4. The number of hydrogen-bond donors (Lipinski definition) is 2. The minimum absolute atomic E-state index is 0.219. The largest absolute Gasteiger partial charge is 0.396 e. The van der Waals surface area contributed by atoms with Crippen LogP contribution in [0.5, 0.6) is 0 Å². The molecule has 0 heterocycles. The van der Waals surface area contributed by atoms with Crippen LogP contribution in [0.2, 0.25) is 5.02 Å². The van der Waals surface area contributed by atoms with E-state index in [4.69, 9.17) is 16.7 Å². The molecule has 1 fully saturated rings. The summed E-state index contributed by atoms with van der Waals surface area (Å²) in [5.41, 5.74) is 2.37. The van der Waals surface area contributed by atoms with Gasteiger partial charge in [0.1, 0.15) is 0 Å². The molecule has 0 aliphatic heterocycles. The molecule has 0 unspecified atom stereocenters. The highest BCUT2D eigenvalue weighted by Crippen LogP contribution is 2.31. The van der Waals surface area contributed by atoms with Crippen LogP contribution in [0.3, 0.4) is 0 Å². The van der Waals surface area contributed by atoms with Crippen molar-refractivity contribution in [1.29, 1.82) is 0 Å². The van der Waals surface area contributed by atoms with Gasteiger partial charge in [-0.3, -0.25) is 0 Å². The fourth-order valence-electron chi connectivity index (χ4n) is 2.29. The molecule has 0 radical (unpaired) electrons. The number of aliphatic hydroxyl groups is 1. The van der Waals surface area contributed by atoms with E-state index in [0.717, 1.165) is 36.8 Å². The molecule has 0 aromatic heterocycles. The Morgan fingerprint density at radius 1 is 1.42 bits per heavy atom. The molecule has 0 bridgehead atoms. The van der Waals surface area contributed by atoms with E-state index in [2.05, 4.69) is 23.2 Å². The molecule has 0 saturated heterocycles. The lowest BCUT2D eigenvalue weighted by Gasteiger charge is -2.27. The molecular formula is C15H23ClN2O. The fraction of sp³-hybridized carbons (Fsp3) is 0.600. The number of benzene rings is 1. The summed E-state index contributed by atoms with van der Waals surface area (Å²) in [5.74, 6) is 0. The van der Waals surface area contributed by atoms with Crippen molar-refractivity contribution in [1.82, 2.24) is 5.32 Å². The number of halogens is 1. The van der Waals surface area contributed by atoms with Crippen molar-refractivity contribution >= 4 is 17.3 Å². The monoisotopic (exact) mass is 282 g/mol. The molecule has 2 N–H and O–H groups in total. The number of nitrogens with one attached hydrogen (secondary N) is 1. The van der Waals surface area contributed by atoms with Gasteiger partial charge in [-0.25, -0.2) is 0 Å². The number of hydrogen-bond acceptors (Lipinski definition) is 3. The maximum absolute atomic E-state index is 9.01. The summed E-state index contributed by atoms with van der Waals surface area (Å²) in [6, 6.07) is 6.78. The van der Waals surface area contributed by atoms with Crippen molar-refractivity contribution in [2.24, 2.45) is 0 Å². The second-order valence-corrected chi connectivity index (χ2v) is 5.47. The van der Waals surface area contributed by atoms with Crippen molar-refractivity contribution in [2.45, 2.75) is 38.8 Å². The minimum Gasteiger partial charge on any atom is -0.396 e. The van der Waals surface area contributed by atoms with Gasteiger partial charge in [-0.2, -0.15) is 0 Å². The zero-order valence-corrected chi connectivity index (χ0v) is 12.3. The third kappa shape index (κ3) is 4.10. The van der Waals surface area contributed by atoms with E-state index < -0.39 is 0 Å². The highest BCUT2D eigenvalue weighted by atomic mass is 35.5. The third-order valence-electron chi connectivity index (χ3n) is 3.51. The van der Waals surface area contributed by atoms with Crippen molar-refractivity contribution in [3.05, 3.63) is 28.8 Å². The second-order valence-electron chi connectivity index (χ2n) is 5.06. The Morgan fingerprint density at radius 2 is 2.21 bits per heavy atom. The molecule has 0 atom stereocenters. The third-order valence-corrected chi connectivity index (χ3v) is 3.82. The van der Waals surface area contributed by atoms with Crippen LogP contribution in [0, 0.1) is 0 Å². The summed E-state index contributed by atoms with van der Waals surface area (Å²) in [7, 11) is 0. The molecule has 1 aliphatic carbocycles. The predicted octanol–water partition coefficient (Wildman–Crippen LogP) is 2.80. The second kappa shape index (κ2) is 7.13. The van der Waals surface area contributed by atoms with E-state index in [1.165, 1.54) is 18.4 Å². The summed E-state index contributed by atoms with van der Waals surface area (Å²) >= 11 is 6.38. The summed E-state index contributed by atoms with van der Waals surface area (Å²) in [4.78, 5) is 2.25. The highest BCUT2D eigenvalue weighted by Gasteiger charge is 2.21. The lowest BCUT2D eigenvalue weighted by Crippen LogP contribution is -2.27. The van der Waals surface area contributed by atoms with Crippen molar-refractivity contribution in [2.75, 3.05) is 24.6 Å². The van der Waals surface area contributed by atoms with Crippen LogP contribution in [0.15, 0.2) is 18.2 Å². The molecule has 0 amide bonds. The SMILES string of the molecule is CCN(CCCO)c1c(Cl)cccc1CNC1CC1. The molecule has 2 rings (SSSR count). The molecule has 3 nitrogen and oxygen atoms in total. The Kier molecular flexibility index (Phi) is 5.49. The van der Waals surface area contributed by atoms with E-state index >= 15 is 0 Å². The molecule has 106 valence electrons. The summed E-state index contributed by atoms with van der Waals surface area (Å²) in [6.45, 7) is 4.96. The zero-order valence-electron chi connectivity index (χ0n) is 11.5. The first kappa shape index (κ1) is 14.6. The maximum Gasteiger partial charge on any atom is 0.0642 e. The number of anilines is 1. The van der Waals surface area contributed by atoms with E-state index in [0.29, 0.717) is 6.04 Å². The first-order valence-corrected chi connectivity index (χ1v) is 7.50. The van der Waals surface area contributed by atoms with E-state index in [1.807, 2.05) is 12.1 Å². The average Bonchev–Trinajstić information content (AvgIpc) is 3.23. The van der Waals surface area contributed by atoms with Crippen LogP contribution >= 0.6 is 11.6 Å². The van der Waals surface area contributed by atoms with Gasteiger partial charge in [-0.1, -0.05) is 23.7 Å². The standard InChI is InChI=1S/C15H23ClN2O/c1-2-18(9-4-10-19)15-12(5-3-6-14(15)16)11-17-13-7-8-13/h3,5-6,13,17,19H,2,4,7-11H2,1H3. The average molecular weight is 283 g/mol. The Balaban J connectivity index is 2.13. The van der Waals surface area contributed by atoms with Crippen LogP contribution in [0.4, 0.5) is 5.69 Å². The Hall–Kier alpha value is -0.770. The van der Waals surface area contributed by atoms with Crippen molar-refractivity contribution in [3.63, 3.8) is 0 Å². The molecule has 4 heteroatoms. The fourth-order valence-corrected chi connectivity index (χ4v) is 2.60. The predicted molar refractivity (Wildman–Crippen MR) is 80.9 cm³/mol. The molecule has 1 saturated carbocycles. The van der Waals surface area contributed by atoms with Crippen molar-refractivity contribution in [3.8, 4) is 0 Å². The topological polar surface area (TPSA) is 35.5 Å². The van der Waals surface area contributed by atoms with E-state index in [9.17, 15) is 0 Å². The molecule has 1 aromatic rings. The number of aliphatic hydroxyl groups excluding tert-OH is 1. The summed E-state index contributed by atoms with van der Waals surface area (Å²) < 4.78 is 0. The van der Waals surface area contributed by atoms with Crippen molar-refractivity contribution < 1.29 is 5.11 Å². The molecule has 19 heavy (non-hydrogen) atoms. The van der Waals surface area contributed by atoms with Crippen LogP contribution in [-0.4, -0.2) is 30.8 Å². The van der Waals surface area contributed by atoms with E-state index in [-0.39, 0.29) is 6.61 Å². The van der Waals surface area contributed by atoms with Crippen LogP contribution in [-0.2, 0) is 6.54 Å².